The van der Waals surface area contributed by atoms with E-state index >= 15 is 0 Å². The number of nitrogens with zero attached hydrogens (tertiary/aromatic N) is 1. The first-order valence-electron chi connectivity index (χ1n) is 5.26. The molecule has 6 heteroatoms. The molecule has 5 nitrogen and oxygen atoms in total. The van der Waals surface area contributed by atoms with Gasteiger partial charge in [0.1, 0.15) is 5.75 Å². The van der Waals surface area contributed by atoms with Crippen LogP contribution in [0.4, 0.5) is 0 Å². The van der Waals surface area contributed by atoms with Gasteiger partial charge in [-0.15, -0.1) is 11.3 Å². The summed E-state index contributed by atoms with van der Waals surface area (Å²) in [6, 6.07) is 1.68. The average Bonchev–Trinajstić information content (AvgIpc) is 2.97. The van der Waals surface area contributed by atoms with Crippen molar-refractivity contribution in [2.45, 2.75) is 6.42 Å². The van der Waals surface area contributed by atoms with Crippen molar-refractivity contribution >= 4 is 23.2 Å². The Bertz CT molecular complexity index is 442. The Morgan fingerprint density at radius 3 is 2.88 bits per heavy atom. The van der Waals surface area contributed by atoms with Gasteiger partial charge in [-0.1, -0.05) is 0 Å². The van der Waals surface area contributed by atoms with Crippen molar-refractivity contribution in [2.24, 2.45) is 5.92 Å². The maximum absolute atomic E-state index is 12.0. The van der Waals surface area contributed by atoms with E-state index in [2.05, 4.69) is 0 Å². The summed E-state index contributed by atoms with van der Waals surface area (Å²) < 4.78 is 5.01. The van der Waals surface area contributed by atoms with Crippen LogP contribution in [0.2, 0.25) is 0 Å². The van der Waals surface area contributed by atoms with Gasteiger partial charge in [-0.3, -0.25) is 9.59 Å². The molecule has 92 valence electrons. The fourth-order valence-electron chi connectivity index (χ4n) is 1.84. The Morgan fingerprint density at radius 2 is 2.35 bits per heavy atom. The molecule has 1 aromatic heterocycles. The molecule has 0 radical (unpaired) electrons. The predicted octanol–water partition coefficient (Wildman–Crippen LogP) is 1.30. The lowest BCUT2D eigenvalue weighted by atomic mass is 10.1. The summed E-state index contributed by atoms with van der Waals surface area (Å²) in [5.41, 5.74) is 0. The molecular weight excluding hydrogens is 242 g/mol. The summed E-state index contributed by atoms with van der Waals surface area (Å²) in [5.74, 6) is -0.709. The van der Waals surface area contributed by atoms with Gasteiger partial charge in [0.25, 0.3) is 5.91 Å². The molecule has 1 aliphatic rings. The van der Waals surface area contributed by atoms with Crippen LogP contribution in [-0.2, 0) is 4.79 Å². The predicted molar refractivity (Wildman–Crippen MR) is 62.5 cm³/mol. The minimum absolute atomic E-state index is 0.109. The van der Waals surface area contributed by atoms with Crippen molar-refractivity contribution in [3.05, 3.63) is 16.3 Å². The largest absolute Gasteiger partial charge is 0.496 e. The number of hydrogen-bond donors (Lipinski definition) is 1. The highest BCUT2D eigenvalue weighted by Crippen LogP contribution is 2.25. The second-order valence-electron chi connectivity index (χ2n) is 3.93. The quantitative estimate of drug-likeness (QED) is 0.884. The molecule has 0 spiro atoms. The van der Waals surface area contributed by atoms with Crippen LogP contribution in [0.1, 0.15) is 16.1 Å². The number of likely N-dealkylation sites (tertiary alicyclic amines) is 1. The molecule has 0 unspecified atom stereocenters. The second kappa shape index (κ2) is 4.75. The van der Waals surface area contributed by atoms with E-state index in [0.29, 0.717) is 30.1 Å². The first kappa shape index (κ1) is 11.9. The molecule has 0 bridgehead atoms. The van der Waals surface area contributed by atoms with Gasteiger partial charge in [0.15, 0.2) is 0 Å². The summed E-state index contributed by atoms with van der Waals surface area (Å²) in [6.45, 7) is 0.810. The number of carboxylic acid groups (broad SMARTS) is 1. The minimum atomic E-state index is -0.830. The number of ether oxygens (including phenoxy) is 1. The molecule has 0 aromatic carbocycles. The van der Waals surface area contributed by atoms with Gasteiger partial charge < -0.3 is 14.7 Å². The minimum Gasteiger partial charge on any atom is -0.496 e. The van der Waals surface area contributed by atoms with Crippen LogP contribution in [0, 0.1) is 5.92 Å². The number of carbonyl (C=O) groups is 2. The monoisotopic (exact) mass is 255 g/mol. The zero-order valence-electron chi connectivity index (χ0n) is 9.38. The molecule has 2 rings (SSSR count). The first-order chi connectivity index (χ1) is 8.11. The highest BCUT2D eigenvalue weighted by molar-refractivity contribution is 7.12. The molecule has 1 N–H and O–H groups in total. The molecular formula is C11H13NO4S. The van der Waals surface area contributed by atoms with Crippen molar-refractivity contribution in [3.8, 4) is 5.75 Å². The third-order valence-corrected chi connectivity index (χ3v) is 3.74. The number of methoxy groups -OCH3 is 1. The molecule has 0 aliphatic carbocycles. The summed E-state index contributed by atoms with van der Waals surface area (Å²) in [5, 5.41) is 10.6. The van der Waals surface area contributed by atoms with Gasteiger partial charge in [-0.05, 0) is 6.42 Å². The topological polar surface area (TPSA) is 66.8 Å². The van der Waals surface area contributed by atoms with E-state index in [4.69, 9.17) is 9.84 Å². The van der Waals surface area contributed by atoms with Crippen LogP contribution in [-0.4, -0.2) is 42.1 Å². The molecule has 2 heterocycles. The second-order valence-corrected chi connectivity index (χ2v) is 4.84. The van der Waals surface area contributed by atoms with Crippen LogP contribution in [0.3, 0.4) is 0 Å². The van der Waals surface area contributed by atoms with Crippen LogP contribution >= 0.6 is 11.3 Å². The summed E-state index contributed by atoms with van der Waals surface area (Å²) in [4.78, 5) is 25.0. The van der Waals surface area contributed by atoms with E-state index in [0.717, 1.165) is 0 Å². The summed E-state index contributed by atoms with van der Waals surface area (Å²) in [7, 11) is 1.55. The third kappa shape index (κ3) is 2.41. The summed E-state index contributed by atoms with van der Waals surface area (Å²) >= 11 is 1.32. The van der Waals surface area contributed by atoms with E-state index in [1.54, 1.807) is 23.5 Å². The number of amides is 1. The van der Waals surface area contributed by atoms with E-state index in [1.165, 1.54) is 11.3 Å². The maximum atomic E-state index is 12.0. The van der Waals surface area contributed by atoms with Crippen LogP contribution in [0.5, 0.6) is 5.75 Å². The van der Waals surface area contributed by atoms with Gasteiger partial charge >= 0.3 is 5.97 Å². The molecule has 1 atom stereocenters. The Morgan fingerprint density at radius 1 is 1.59 bits per heavy atom. The SMILES string of the molecule is COc1csc(C(=O)N2CC[C@@H](C(=O)O)C2)c1. The Balaban J connectivity index is 2.04. The van der Waals surface area contributed by atoms with E-state index in [9.17, 15) is 9.59 Å². The molecule has 1 fully saturated rings. The van der Waals surface area contributed by atoms with E-state index < -0.39 is 11.9 Å². The Kier molecular flexibility index (Phi) is 3.33. The van der Waals surface area contributed by atoms with E-state index in [-0.39, 0.29) is 5.91 Å². The van der Waals surface area contributed by atoms with Gasteiger partial charge in [0.2, 0.25) is 0 Å². The number of hydrogen-bond acceptors (Lipinski definition) is 4. The van der Waals surface area contributed by atoms with Crippen LogP contribution < -0.4 is 4.74 Å². The zero-order valence-corrected chi connectivity index (χ0v) is 10.2. The lowest BCUT2D eigenvalue weighted by Gasteiger charge is -2.14. The summed E-state index contributed by atoms with van der Waals surface area (Å²) in [6.07, 6.45) is 0.531. The number of carbonyl (C=O) groups excluding carboxylic acids is 1. The maximum Gasteiger partial charge on any atom is 0.308 e. The number of aliphatic carboxylic acids is 1. The number of rotatable bonds is 3. The van der Waals surface area contributed by atoms with Crippen molar-refractivity contribution in [1.29, 1.82) is 0 Å². The Labute approximate surface area is 103 Å². The standard InChI is InChI=1S/C11H13NO4S/c1-16-8-4-9(17-6-8)10(13)12-3-2-7(5-12)11(14)15/h4,6-7H,2-3,5H2,1H3,(H,14,15)/t7-/m1/s1. The molecule has 1 aliphatic heterocycles. The normalized spacial score (nSPS) is 19.4. The molecule has 0 saturated carbocycles. The highest BCUT2D eigenvalue weighted by atomic mass is 32.1. The van der Waals surface area contributed by atoms with Gasteiger partial charge in [0.05, 0.1) is 17.9 Å². The smallest absolute Gasteiger partial charge is 0.308 e. The van der Waals surface area contributed by atoms with Gasteiger partial charge in [-0.2, -0.15) is 0 Å². The van der Waals surface area contributed by atoms with Crippen molar-refractivity contribution in [2.75, 3.05) is 20.2 Å². The molecule has 17 heavy (non-hydrogen) atoms. The highest BCUT2D eigenvalue weighted by Gasteiger charge is 2.31. The molecule has 1 aromatic rings. The van der Waals surface area contributed by atoms with E-state index in [1.807, 2.05) is 0 Å². The third-order valence-electron chi connectivity index (χ3n) is 2.85. The zero-order chi connectivity index (χ0) is 12.4. The lowest BCUT2D eigenvalue weighted by Crippen LogP contribution is -2.29. The van der Waals surface area contributed by atoms with Crippen LogP contribution in [0.15, 0.2) is 11.4 Å². The van der Waals surface area contributed by atoms with Crippen molar-refractivity contribution < 1.29 is 19.4 Å². The first-order valence-corrected chi connectivity index (χ1v) is 6.14. The lowest BCUT2D eigenvalue weighted by molar-refractivity contribution is -0.141. The number of thiophene rings is 1. The molecule has 1 amide bonds. The Hall–Kier alpha value is -1.56. The number of carboxylic acids is 1. The molecule has 1 saturated heterocycles. The van der Waals surface area contributed by atoms with Crippen LogP contribution in [0.25, 0.3) is 0 Å². The van der Waals surface area contributed by atoms with Gasteiger partial charge in [0, 0.05) is 24.5 Å². The van der Waals surface area contributed by atoms with Gasteiger partial charge in [-0.25, -0.2) is 0 Å². The average molecular weight is 255 g/mol. The fourth-order valence-corrected chi connectivity index (χ4v) is 2.66. The van der Waals surface area contributed by atoms with Crippen molar-refractivity contribution in [3.63, 3.8) is 0 Å². The van der Waals surface area contributed by atoms with Crippen molar-refractivity contribution in [1.82, 2.24) is 4.90 Å². The fraction of sp³-hybridized carbons (Fsp3) is 0.455.